The van der Waals surface area contributed by atoms with E-state index in [2.05, 4.69) is 19.9 Å². The lowest BCUT2D eigenvalue weighted by molar-refractivity contribution is 0.875. The summed E-state index contributed by atoms with van der Waals surface area (Å²) in [6, 6.07) is 0. The molecule has 6 heteroatoms. The molecule has 0 aliphatic rings. The van der Waals surface area contributed by atoms with Crippen molar-refractivity contribution in [1.82, 2.24) is 19.9 Å². The number of nitrogens with zero attached hydrogens (tertiary/aromatic N) is 3. The number of aryl methyl sites for hydroxylation is 1. The highest BCUT2D eigenvalue weighted by Crippen LogP contribution is 2.27. The maximum atomic E-state index is 5.83. The van der Waals surface area contributed by atoms with Crippen LogP contribution in [0.3, 0.4) is 0 Å². The Balaban J connectivity index is 2.36. The molecule has 2 heterocycles. The molecule has 16 heavy (non-hydrogen) atoms. The fourth-order valence-corrected chi connectivity index (χ4v) is 2.05. The number of H-pyrrole nitrogens is 1. The SMILES string of the molecule is CCc1nc(N)c(C)c(Sc2ncc[nH]2)n1. The van der Waals surface area contributed by atoms with Crippen molar-refractivity contribution < 1.29 is 0 Å². The van der Waals surface area contributed by atoms with E-state index in [9.17, 15) is 0 Å². The fourth-order valence-electron chi connectivity index (χ4n) is 1.21. The van der Waals surface area contributed by atoms with Crippen molar-refractivity contribution in [3.8, 4) is 0 Å². The van der Waals surface area contributed by atoms with Crippen molar-refractivity contribution in [3.05, 3.63) is 23.8 Å². The molecule has 0 aliphatic heterocycles. The van der Waals surface area contributed by atoms with E-state index >= 15 is 0 Å². The summed E-state index contributed by atoms with van der Waals surface area (Å²) in [6.45, 7) is 3.92. The number of aromatic nitrogens is 4. The molecule has 0 unspecified atom stereocenters. The van der Waals surface area contributed by atoms with Gasteiger partial charge in [-0.25, -0.2) is 15.0 Å². The normalized spacial score (nSPS) is 10.6. The molecule has 0 aromatic carbocycles. The van der Waals surface area contributed by atoms with Crippen LogP contribution in [0.25, 0.3) is 0 Å². The van der Waals surface area contributed by atoms with Crippen LogP contribution in [0.1, 0.15) is 18.3 Å². The number of nitrogen functional groups attached to an aromatic ring is 1. The van der Waals surface area contributed by atoms with Crippen molar-refractivity contribution in [2.24, 2.45) is 0 Å². The maximum absolute atomic E-state index is 5.83. The van der Waals surface area contributed by atoms with Crippen LogP contribution in [0.4, 0.5) is 5.82 Å². The molecule has 0 spiro atoms. The van der Waals surface area contributed by atoms with Gasteiger partial charge in [0.05, 0.1) is 0 Å². The van der Waals surface area contributed by atoms with Crippen LogP contribution in [-0.4, -0.2) is 19.9 Å². The lowest BCUT2D eigenvalue weighted by Gasteiger charge is -2.07. The number of anilines is 1. The van der Waals surface area contributed by atoms with E-state index in [1.165, 1.54) is 11.8 Å². The molecule has 0 fully saturated rings. The molecular formula is C10H13N5S. The highest BCUT2D eigenvalue weighted by atomic mass is 32.2. The van der Waals surface area contributed by atoms with Crippen LogP contribution >= 0.6 is 11.8 Å². The molecule has 0 bridgehead atoms. The lowest BCUT2D eigenvalue weighted by Crippen LogP contribution is -2.03. The van der Waals surface area contributed by atoms with Crippen LogP contribution < -0.4 is 5.73 Å². The van der Waals surface area contributed by atoms with Gasteiger partial charge in [0, 0.05) is 24.4 Å². The number of nitrogens with one attached hydrogen (secondary N) is 1. The Labute approximate surface area is 97.9 Å². The van der Waals surface area contributed by atoms with Crippen molar-refractivity contribution in [1.29, 1.82) is 0 Å². The van der Waals surface area contributed by atoms with Gasteiger partial charge in [-0.1, -0.05) is 6.92 Å². The largest absolute Gasteiger partial charge is 0.383 e. The van der Waals surface area contributed by atoms with Gasteiger partial charge in [0.15, 0.2) is 5.16 Å². The van der Waals surface area contributed by atoms with E-state index in [1.54, 1.807) is 12.4 Å². The Morgan fingerprint density at radius 3 is 2.88 bits per heavy atom. The average molecular weight is 235 g/mol. The van der Waals surface area contributed by atoms with E-state index in [1.807, 2.05) is 13.8 Å². The first-order valence-corrected chi connectivity index (χ1v) is 5.82. The highest BCUT2D eigenvalue weighted by molar-refractivity contribution is 7.99. The van der Waals surface area contributed by atoms with Crippen molar-refractivity contribution in [3.63, 3.8) is 0 Å². The Morgan fingerprint density at radius 2 is 2.25 bits per heavy atom. The van der Waals surface area contributed by atoms with Crippen LogP contribution in [0.5, 0.6) is 0 Å². The monoisotopic (exact) mass is 235 g/mol. The summed E-state index contributed by atoms with van der Waals surface area (Å²) < 4.78 is 0. The lowest BCUT2D eigenvalue weighted by atomic mass is 10.3. The summed E-state index contributed by atoms with van der Waals surface area (Å²) in [5, 5.41) is 1.67. The van der Waals surface area contributed by atoms with Gasteiger partial charge in [-0.15, -0.1) is 0 Å². The zero-order valence-electron chi connectivity index (χ0n) is 9.19. The highest BCUT2D eigenvalue weighted by Gasteiger charge is 2.10. The summed E-state index contributed by atoms with van der Waals surface area (Å²) in [7, 11) is 0. The molecule has 2 aromatic heterocycles. The molecule has 0 atom stereocenters. The topological polar surface area (TPSA) is 80.5 Å². The van der Waals surface area contributed by atoms with Gasteiger partial charge in [0.25, 0.3) is 0 Å². The van der Waals surface area contributed by atoms with Crippen LogP contribution in [0, 0.1) is 6.92 Å². The van der Waals surface area contributed by atoms with Crippen LogP contribution in [0.2, 0.25) is 0 Å². The summed E-state index contributed by atoms with van der Waals surface area (Å²) in [4.78, 5) is 15.8. The molecule has 2 rings (SSSR count). The van der Waals surface area contributed by atoms with E-state index < -0.39 is 0 Å². The maximum Gasteiger partial charge on any atom is 0.171 e. The van der Waals surface area contributed by atoms with Gasteiger partial charge >= 0.3 is 0 Å². The molecule has 5 nitrogen and oxygen atoms in total. The Bertz CT molecular complexity index is 480. The summed E-state index contributed by atoms with van der Waals surface area (Å²) in [6.07, 6.45) is 4.27. The first-order chi connectivity index (χ1) is 7.70. The van der Waals surface area contributed by atoms with E-state index in [0.29, 0.717) is 5.82 Å². The first kappa shape index (κ1) is 10.9. The number of rotatable bonds is 3. The summed E-state index contributed by atoms with van der Waals surface area (Å²) >= 11 is 1.47. The Morgan fingerprint density at radius 1 is 1.44 bits per heavy atom. The van der Waals surface area contributed by atoms with Gasteiger partial charge in [0.2, 0.25) is 0 Å². The second-order valence-electron chi connectivity index (χ2n) is 3.31. The van der Waals surface area contributed by atoms with Gasteiger partial charge in [-0.05, 0) is 18.7 Å². The minimum absolute atomic E-state index is 0.543. The van der Waals surface area contributed by atoms with Crippen molar-refractivity contribution >= 4 is 17.6 Å². The molecule has 0 radical (unpaired) electrons. The van der Waals surface area contributed by atoms with Gasteiger partial charge < -0.3 is 10.7 Å². The minimum atomic E-state index is 0.543. The number of imidazole rings is 1. The third-order valence-electron chi connectivity index (χ3n) is 2.17. The van der Waals surface area contributed by atoms with Crippen molar-refractivity contribution in [2.45, 2.75) is 30.5 Å². The molecule has 0 aliphatic carbocycles. The summed E-state index contributed by atoms with van der Waals surface area (Å²) in [5.74, 6) is 1.30. The standard InChI is InChI=1S/C10H13N5S/c1-3-7-14-8(11)6(2)9(15-7)16-10-12-4-5-13-10/h4-5H,3H2,1-2H3,(H,12,13)(H2,11,14,15). The molecule has 0 amide bonds. The molecule has 2 aromatic rings. The Hall–Kier alpha value is -1.56. The van der Waals surface area contributed by atoms with E-state index in [4.69, 9.17) is 5.73 Å². The zero-order valence-corrected chi connectivity index (χ0v) is 10.0. The predicted molar refractivity (Wildman–Crippen MR) is 63.3 cm³/mol. The second kappa shape index (κ2) is 4.52. The second-order valence-corrected chi connectivity index (χ2v) is 4.28. The number of aromatic amines is 1. The molecule has 3 N–H and O–H groups in total. The molecule has 0 saturated carbocycles. The van der Waals surface area contributed by atoms with Gasteiger partial charge in [0.1, 0.15) is 16.7 Å². The third kappa shape index (κ3) is 2.16. The van der Waals surface area contributed by atoms with Gasteiger partial charge in [-0.3, -0.25) is 0 Å². The van der Waals surface area contributed by atoms with Crippen LogP contribution in [0.15, 0.2) is 22.6 Å². The number of hydrogen-bond acceptors (Lipinski definition) is 5. The third-order valence-corrected chi connectivity index (χ3v) is 3.18. The van der Waals surface area contributed by atoms with Gasteiger partial charge in [-0.2, -0.15) is 0 Å². The summed E-state index contributed by atoms with van der Waals surface area (Å²) in [5.41, 5.74) is 6.73. The Kier molecular flexibility index (Phi) is 3.09. The molecule has 84 valence electrons. The fraction of sp³-hybridized carbons (Fsp3) is 0.300. The van der Waals surface area contributed by atoms with Crippen LogP contribution in [-0.2, 0) is 6.42 Å². The first-order valence-electron chi connectivity index (χ1n) is 5.01. The molecule has 0 saturated heterocycles. The van der Waals surface area contributed by atoms with Crippen molar-refractivity contribution in [2.75, 3.05) is 5.73 Å². The zero-order chi connectivity index (χ0) is 11.5. The predicted octanol–water partition coefficient (Wildman–Crippen LogP) is 1.80. The quantitative estimate of drug-likeness (QED) is 0.793. The molecular weight excluding hydrogens is 222 g/mol. The van der Waals surface area contributed by atoms with E-state index in [-0.39, 0.29) is 0 Å². The van der Waals surface area contributed by atoms with E-state index in [0.717, 1.165) is 28.0 Å². The average Bonchev–Trinajstić information content (AvgIpc) is 2.77. The number of nitrogens with two attached hydrogens (primary N) is 1. The number of hydrogen-bond donors (Lipinski definition) is 2. The minimum Gasteiger partial charge on any atom is -0.383 e. The smallest absolute Gasteiger partial charge is 0.171 e.